The minimum atomic E-state index is -4.97. The molecule has 122 valence electrons. The van der Waals surface area contributed by atoms with Gasteiger partial charge >= 0.3 is 11.9 Å². The van der Waals surface area contributed by atoms with Crippen molar-refractivity contribution in [2.75, 3.05) is 5.32 Å². The van der Waals surface area contributed by atoms with E-state index in [1.165, 1.54) is 30.5 Å². The number of alkyl halides is 3. The molecule has 1 aliphatic rings. The number of carbonyl (C=O) groups is 1. The van der Waals surface area contributed by atoms with Crippen LogP contribution in [-0.4, -0.2) is 17.8 Å². The molecule has 2 aromatic rings. The predicted octanol–water partition coefficient (Wildman–Crippen LogP) is 2.97. The van der Waals surface area contributed by atoms with Crippen molar-refractivity contribution in [3.8, 4) is 5.75 Å². The third kappa shape index (κ3) is 2.65. The number of aryl methyl sites for hydroxylation is 1. The molecule has 8 heteroatoms. The molecule has 0 bridgehead atoms. The Morgan fingerprint density at radius 2 is 2.09 bits per heavy atom. The average Bonchev–Trinajstić information content (AvgIpc) is 2.97. The standard InChI is InChI=1S/C15H13F3N2O3/c1-9-4-5-11-12(7-9)23-14(13(21)20-11,15(16,17)18)19-8-10-3-2-6-22-10/h2-7,19H,8H2,1H3,(H,20,21)/t14-/m1/s1. The maximum atomic E-state index is 13.6. The highest BCUT2D eigenvalue weighted by Crippen LogP contribution is 2.41. The Bertz CT molecular complexity index is 728. The summed E-state index contributed by atoms with van der Waals surface area (Å²) in [6.45, 7) is 1.40. The van der Waals surface area contributed by atoms with Crippen LogP contribution in [0.2, 0.25) is 0 Å². The lowest BCUT2D eigenvalue weighted by Crippen LogP contribution is -2.69. The van der Waals surface area contributed by atoms with Crippen molar-refractivity contribution < 1.29 is 27.1 Å². The highest BCUT2D eigenvalue weighted by atomic mass is 19.4. The first-order valence-corrected chi connectivity index (χ1v) is 6.77. The van der Waals surface area contributed by atoms with Gasteiger partial charge in [-0.1, -0.05) is 6.07 Å². The monoisotopic (exact) mass is 326 g/mol. The summed E-state index contributed by atoms with van der Waals surface area (Å²) in [6.07, 6.45) is -3.64. The molecule has 2 heterocycles. The van der Waals surface area contributed by atoms with E-state index in [-0.39, 0.29) is 23.7 Å². The molecule has 2 N–H and O–H groups in total. The molecule has 1 aliphatic heterocycles. The molecule has 5 nitrogen and oxygen atoms in total. The zero-order valence-corrected chi connectivity index (χ0v) is 12.0. The molecule has 3 rings (SSSR count). The lowest BCUT2D eigenvalue weighted by atomic mass is 10.1. The molecule has 0 saturated carbocycles. The van der Waals surface area contributed by atoms with Crippen LogP contribution in [0.25, 0.3) is 0 Å². The van der Waals surface area contributed by atoms with Crippen molar-refractivity contribution in [3.05, 3.63) is 47.9 Å². The van der Waals surface area contributed by atoms with E-state index in [1.807, 2.05) is 0 Å². The molecule has 1 aromatic carbocycles. The van der Waals surface area contributed by atoms with Gasteiger partial charge < -0.3 is 14.5 Å². The second-order valence-corrected chi connectivity index (χ2v) is 5.17. The summed E-state index contributed by atoms with van der Waals surface area (Å²) in [5.74, 6) is -1.12. The number of hydrogen-bond acceptors (Lipinski definition) is 4. The van der Waals surface area contributed by atoms with Crippen LogP contribution in [0.5, 0.6) is 5.75 Å². The first-order valence-electron chi connectivity index (χ1n) is 6.77. The van der Waals surface area contributed by atoms with Crippen molar-refractivity contribution in [1.29, 1.82) is 0 Å². The molecule has 1 atom stereocenters. The predicted molar refractivity (Wildman–Crippen MR) is 74.8 cm³/mol. The van der Waals surface area contributed by atoms with E-state index in [9.17, 15) is 18.0 Å². The van der Waals surface area contributed by atoms with E-state index in [4.69, 9.17) is 9.15 Å². The number of anilines is 1. The van der Waals surface area contributed by atoms with Crippen molar-refractivity contribution in [3.63, 3.8) is 0 Å². The number of halogens is 3. The first-order chi connectivity index (χ1) is 10.8. The fourth-order valence-corrected chi connectivity index (χ4v) is 2.27. The van der Waals surface area contributed by atoms with Crippen molar-refractivity contribution in [2.45, 2.75) is 25.4 Å². The Balaban J connectivity index is 1.97. The molecule has 0 radical (unpaired) electrons. The van der Waals surface area contributed by atoms with Gasteiger partial charge in [-0.2, -0.15) is 13.2 Å². The van der Waals surface area contributed by atoms with E-state index in [2.05, 4.69) is 10.6 Å². The van der Waals surface area contributed by atoms with E-state index in [1.54, 1.807) is 13.0 Å². The average molecular weight is 326 g/mol. The Morgan fingerprint density at radius 3 is 2.74 bits per heavy atom. The van der Waals surface area contributed by atoms with Crippen LogP contribution in [0.4, 0.5) is 18.9 Å². The minimum absolute atomic E-state index is 0.0473. The number of fused-ring (bicyclic) bond motifs is 1. The summed E-state index contributed by atoms with van der Waals surface area (Å²) in [4.78, 5) is 12.1. The van der Waals surface area contributed by atoms with Gasteiger partial charge in [0.1, 0.15) is 11.5 Å². The van der Waals surface area contributed by atoms with E-state index in [0.29, 0.717) is 5.56 Å². The van der Waals surface area contributed by atoms with Crippen molar-refractivity contribution >= 4 is 11.6 Å². The van der Waals surface area contributed by atoms with Gasteiger partial charge in [0, 0.05) is 0 Å². The summed E-state index contributed by atoms with van der Waals surface area (Å²) in [5, 5.41) is 4.37. The van der Waals surface area contributed by atoms with Gasteiger partial charge in [-0.05, 0) is 36.8 Å². The maximum Gasteiger partial charge on any atom is 0.453 e. The fourth-order valence-electron chi connectivity index (χ4n) is 2.27. The molecular weight excluding hydrogens is 313 g/mol. The van der Waals surface area contributed by atoms with Gasteiger partial charge in [0.25, 0.3) is 5.91 Å². The van der Waals surface area contributed by atoms with Crippen molar-refractivity contribution in [2.24, 2.45) is 0 Å². The highest BCUT2D eigenvalue weighted by Gasteiger charge is 2.65. The highest BCUT2D eigenvalue weighted by molar-refractivity contribution is 6.01. The smallest absolute Gasteiger partial charge is 0.453 e. The molecule has 0 aliphatic carbocycles. The van der Waals surface area contributed by atoms with Gasteiger partial charge in [-0.25, -0.2) is 0 Å². The van der Waals surface area contributed by atoms with E-state index in [0.717, 1.165) is 0 Å². The van der Waals surface area contributed by atoms with Gasteiger partial charge in [-0.3, -0.25) is 10.1 Å². The van der Waals surface area contributed by atoms with E-state index < -0.39 is 17.8 Å². The molecule has 0 spiro atoms. The SMILES string of the molecule is Cc1ccc2c(c1)O[C@@](NCc1ccco1)(C(F)(F)F)C(=O)N2. The normalized spacial score (nSPS) is 20.6. The largest absolute Gasteiger partial charge is 0.468 e. The molecule has 23 heavy (non-hydrogen) atoms. The third-order valence-corrected chi connectivity index (χ3v) is 3.46. The molecule has 1 aromatic heterocycles. The van der Waals surface area contributed by atoms with Crippen LogP contribution >= 0.6 is 0 Å². The topological polar surface area (TPSA) is 63.5 Å². The summed E-state index contributed by atoms with van der Waals surface area (Å²) in [5.41, 5.74) is -2.28. The second kappa shape index (κ2) is 5.31. The molecule has 0 fully saturated rings. The number of amides is 1. The first kappa shape index (κ1) is 15.4. The molecule has 0 unspecified atom stereocenters. The lowest BCUT2D eigenvalue weighted by molar-refractivity contribution is -0.252. The second-order valence-electron chi connectivity index (χ2n) is 5.17. The number of ether oxygens (including phenoxy) is 1. The number of nitrogens with one attached hydrogen (secondary N) is 2. The van der Waals surface area contributed by atoms with Crippen molar-refractivity contribution in [1.82, 2.24) is 5.32 Å². The van der Waals surface area contributed by atoms with Crippen LogP contribution in [0.3, 0.4) is 0 Å². The summed E-state index contributed by atoms with van der Waals surface area (Å²) < 4.78 is 50.8. The number of rotatable bonds is 3. The number of carbonyl (C=O) groups excluding carboxylic acids is 1. The zero-order chi connectivity index (χ0) is 16.7. The Labute approximate surface area is 129 Å². The number of benzene rings is 1. The van der Waals surface area contributed by atoms with Crippen LogP contribution in [0, 0.1) is 6.92 Å². The third-order valence-electron chi connectivity index (χ3n) is 3.46. The summed E-state index contributed by atoms with van der Waals surface area (Å²) >= 11 is 0. The van der Waals surface area contributed by atoms with Crippen LogP contribution < -0.4 is 15.4 Å². The molecule has 0 saturated heterocycles. The van der Waals surface area contributed by atoms with E-state index >= 15 is 0 Å². The maximum absolute atomic E-state index is 13.6. The van der Waals surface area contributed by atoms with Gasteiger partial charge in [0.05, 0.1) is 18.5 Å². The van der Waals surface area contributed by atoms with Crippen LogP contribution in [0.1, 0.15) is 11.3 Å². The Kier molecular flexibility index (Phi) is 3.56. The Hall–Kier alpha value is -2.48. The van der Waals surface area contributed by atoms with Crippen LogP contribution in [-0.2, 0) is 11.3 Å². The summed E-state index contributed by atoms with van der Waals surface area (Å²) in [7, 11) is 0. The van der Waals surface area contributed by atoms with Gasteiger partial charge in [0.15, 0.2) is 0 Å². The zero-order valence-electron chi connectivity index (χ0n) is 12.0. The molecule has 1 amide bonds. The lowest BCUT2D eigenvalue weighted by Gasteiger charge is -2.38. The summed E-state index contributed by atoms with van der Waals surface area (Å²) in [6, 6.07) is 7.63. The van der Waals surface area contributed by atoms with Crippen LogP contribution in [0.15, 0.2) is 41.0 Å². The minimum Gasteiger partial charge on any atom is -0.468 e. The van der Waals surface area contributed by atoms with Gasteiger partial charge in [0.2, 0.25) is 0 Å². The van der Waals surface area contributed by atoms with Gasteiger partial charge in [-0.15, -0.1) is 0 Å². The molecular formula is C15H13F3N2O3. The number of hydrogen-bond donors (Lipinski definition) is 2. The Morgan fingerprint density at radius 1 is 1.30 bits per heavy atom. The fraction of sp³-hybridized carbons (Fsp3) is 0.267. The quantitative estimate of drug-likeness (QED) is 0.910. The number of furan rings is 1.